The fourth-order valence-corrected chi connectivity index (χ4v) is 3.55. The molecule has 5 nitrogen and oxygen atoms in total. The monoisotopic (exact) mass is 309 g/mol. The Labute approximate surface area is 134 Å². The van der Waals surface area contributed by atoms with Crippen LogP contribution in [-0.2, 0) is 9.59 Å². The summed E-state index contributed by atoms with van der Waals surface area (Å²) in [6.07, 6.45) is 7.80. The SMILES string of the molecule is CCCC(=O)N1CCCCC1C(=O)NCCC1CCCNC1. The molecule has 2 N–H and O–H groups in total. The number of carbonyl (C=O) groups is 2. The number of hydrogen-bond acceptors (Lipinski definition) is 3. The van der Waals surface area contributed by atoms with E-state index in [4.69, 9.17) is 0 Å². The van der Waals surface area contributed by atoms with E-state index < -0.39 is 0 Å². The minimum absolute atomic E-state index is 0.0490. The van der Waals surface area contributed by atoms with Gasteiger partial charge in [-0.25, -0.2) is 0 Å². The molecular weight excluding hydrogens is 278 g/mol. The van der Waals surface area contributed by atoms with Crippen LogP contribution >= 0.6 is 0 Å². The van der Waals surface area contributed by atoms with Gasteiger partial charge in [0.15, 0.2) is 0 Å². The van der Waals surface area contributed by atoms with E-state index in [-0.39, 0.29) is 17.9 Å². The highest BCUT2D eigenvalue weighted by Gasteiger charge is 2.31. The van der Waals surface area contributed by atoms with Crippen LogP contribution in [0.15, 0.2) is 0 Å². The van der Waals surface area contributed by atoms with Crippen LogP contribution in [0.1, 0.15) is 58.3 Å². The lowest BCUT2D eigenvalue weighted by Crippen LogP contribution is -2.52. The molecule has 2 atom stereocenters. The Bertz CT molecular complexity index is 367. The number of piperidine rings is 2. The summed E-state index contributed by atoms with van der Waals surface area (Å²) in [7, 11) is 0. The van der Waals surface area contributed by atoms with Gasteiger partial charge in [-0.2, -0.15) is 0 Å². The zero-order valence-electron chi connectivity index (χ0n) is 13.9. The van der Waals surface area contributed by atoms with Gasteiger partial charge in [0.25, 0.3) is 0 Å². The van der Waals surface area contributed by atoms with Gasteiger partial charge >= 0.3 is 0 Å². The molecule has 2 saturated heterocycles. The average Bonchev–Trinajstić information content (AvgIpc) is 2.56. The minimum atomic E-state index is -0.239. The van der Waals surface area contributed by atoms with Gasteiger partial charge in [0.05, 0.1) is 0 Å². The lowest BCUT2D eigenvalue weighted by atomic mass is 9.96. The Hall–Kier alpha value is -1.10. The first-order valence-corrected chi connectivity index (χ1v) is 9.00. The maximum atomic E-state index is 12.4. The molecule has 2 rings (SSSR count). The fourth-order valence-electron chi connectivity index (χ4n) is 3.55. The Kier molecular flexibility index (Phi) is 7.16. The molecule has 0 aromatic rings. The molecule has 2 aliphatic rings. The van der Waals surface area contributed by atoms with Gasteiger partial charge in [-0.3, -0.25) is 9.59 Å². The van der Waals surface area contributed by atoms with E-state index in [2.05, 4.69) is 10.6 Å². The second kappa shape index (κ2) is 9.13. The number of likely N-dealkylation sites (tertiary alicyclic amines) is 1. The number of nitrogens with one attached hydrogen (secondary N) is 2. The van der Waals surface area contributed by atoms with Gasteiger partial charge in [0.2, 0.25) is 11.8 Å². The largest absolute Gasteiger partial charge is 0.354 e. The first-order chi connectivity index (χ1) is 10.7. The van der Waals surface area contributed by atoms with E-state index in [0.717, 1.165) is 58.3 Å². The Balaban J connectivity index is 1.77. The smallest absolute Gasteiger partial charge is 0.242 e. The van der Waals surface area contributed by atoms with Crippen LogP contribution in [0.2, 0.25) is 0 Å². The van der Waals surface area contributed by atoms with Crippen molar-refractivity contribution in [3.63, 3.8) is 0 Å². The summed E-state index contributed by atoms with van der Waals surface area (Å²) >= 11 is 0. The van der Waals surface area contributed by atoms with E-state index in [1.807, 2.05) is 11.8 Å². The third-order valence-electron chi connectivity index (χ3n) is 4.84. The minimum Gasteiger partial charge on any atom is -0.354 e. The van der Waals surface area contributed by atoms with E-state index in [1.54, 1.807) is 0 Å². The lowest BCUT2D eigenvalue weighted by molar-refractivity contribution is -0.142. The van der Waals surface area contributed by atoms with Crippen LogP contribution in [0.3, 0.4) is 0 Å². The highest BCUT2D eigenvalue weighted by Crippen LogP contribution is 2.19. The van der Waals surface area contributed by atoms with Crippen LogP contribution in [-0.4, -0.2) is 48.9 Å². The molecule has 0 saturated carbocycles. The second-order valence-corrected chi connectivity index (χ2v) is 6.64. The van der Waals surface area contributed by atoms with Crippen molar-refractivity contribution in [1.29, 1.82) is 0 Å². The number of rotatable bonds is 6. The zero-order valence-corrected chi connectivity index (χ0v) is 13.9. The van der Waals surface area contributed by atoms with E-state index >= 15 is 0 Å². The quantitative estimate of drug-likeness (QED) is 0.784. The molecule has 0 aliphatic carbocycles. The number of hydrogen-bond donors (Lipinski definition) is 2. The molecule has 0 bridgehead atoms. The summed E-state index contributed by atoms with van der Waals surface area (Å²) < 4.78 is 0. The Morgan fingerprint density at radius 2 is 2.09 bits per heavy atom. The van der Waals surface area contributed by atoms with Crippen molar-refractivity contribution >= 4 is 11.8 Å². The molecule has 2 unspecified atom stereocenters. The number of nitrogens with zero attached hydrogens (tertiary/aromatic N) is 1. The van der Waals surface area contributed by atoms with Crippen molar-refractivity contribution in [3.8, 4) is 0 Å². The molecule has 0 aromatic heterocycles. The van der Waals surface area contributed by atoms with Gasteiger partial charge in [-0.05, 0) is 64.0 Å². The van der Waals surface area contributed by atoms with E-state index in [9.17, 15) is 9.59 Å². The lowest BCUT2D eigenvalue weighted by Gasteiger charge is -2.35. The van der Waals surface area contributed by atoms with Crippen LogP contribution in [0, 0.1) is 5.92 Å². The summed E-state index contributed by atoms with van der Waals surface area (Å²) in [6, 6.07) is -0.239. The van der Waals surface area contributed by atoms with Crippen molar-refractivity contribution in [2.75, 3.05) is 26.2 Å². The number of carbonyl (C=O) groups excluding carboxylic acids is 2. The molecule has 2 amide bonds. The number of amides is 2. The van der Waals surface area contributed by atoms with Gasteiger partial charge in [-0.15, -0.1) is 0 Å². The summed E-state index contributed by atoms with van der Waals surface area (Å²) in [5, 5.41) is 6.47. The van der Waals surface area contributed by atoms with Crippen LogP contribution < -0.4 is 10.6 Å². The maximum Gasteiger partial charge on any atom is 0.242 e. The molecule has 5 heteroatoms. The average molecular weight is 309 g/mol. The highest BCUT2D eigenvalue weighted by atomic mass is 16.2. The summed E-state index contributed by atoms with van der Waals surface area (Å²) in [6.45, 7) is 5.68. The molecule has 0 spiro atoms. The van der Waals surface area contributed by atoms with Crippen LogP contribution in [0.4, 0.5) is 0 Å². The van der Waals surface area contributed by atoms with Crippen LogP contribution in [0.25, 0.3) is 0 Å². The van der Waals surface area contributed by atoms with Crippen molar-refractivity contribution in [2.24, 2.45) is 5.92 Å². The molecule has 2 fully saturated rings. The zero-order chi connectivity index (χ0) is 15.8. The van der Waals surface area contributed by atoms with Crippen molar-refractivity contribution in [1.82, 2.24) is 15.5 Å². The highest BCUT2D eigenvalue weighted by molar-refractivity contribution is 5.87. The Morgan fingerprint density at radius 3 is 2.82 bits per heavy atom. The molecule has 2 heterocycles. The fraction of sp³-hybridized carbons (Fsp3) is 0.882. The third kappa shape index (κ3) is 4.97. The predicted molar refractivity (Wildman–Crippen MR) is 87.5 cm³/mol. The molecule has 22 heavy (non-hydrogen) atoms. The van der Waals surface area contributed by atoms with E-state index in [1.165, 1.54) is 12.8 Å². The van der Waals surface area contributed by atoms with Crippen LogP contribution in [0.5, 0.6) is 0 Å². The maximum absolute atomic E-state index is 12.4. The topological polar surface area (TPSA) is 61.4 Å². The van der Waals surface area contributed by atoms with Gasteiger partial charge in [0.1, 0.15) is 6.04 Å². The summed E-state index contributed by atoms with van der Waals surface area (Å²) in [5.74, 6) is 0.866. The van der Waals surface area contributed by atoms with E-state index in [0.29, 0.717) is 12.3 Å². The molecule has 0 aromatic carbocycles. The van der Waals surface area contributed by atoms with Gasteiger partial charge in [-0.1, -0.05) is 6.92 Å². The molecule has 0 radical (unpaired) electrons. The standard InChI is InChI=1S/C17H31N3O2/c1-2-6-16(21)20-12-4-3-8-15(20)17(22)19-11-9-14-7-5-10-18-13-14/h14-15,18H,2-13H2,1H3,(H,19,22). The van der Waals surface area contributed by atoms with Crippen molar-refractivity contribution < 1.29 is 9.59 Å². The van der Waals surface area contributed by atoms with Crippen molar-refractivity contribution in [3.05, 3.63) is 0 Å². The van der Waals surface area contributed by atoms with Gasteiger partial charge in [0, 0.05) is 19.5 Å². The third-order valence-corrected chi connectivity index (χ3v) is 4.84. The van der Waals surface area contributed by atoms with Crippen molar-refractivity contribution in [2.45, 2.75) is 64.3 Å². The predicted octanol–water partition coefficient (Wildman–Crippen LogP) is 1.67. The molecule has 126 valence electrons. The normalized spacial score (nSPS) is 25.8. The van der Waals surface area contributed by atoms with Gasteiger partial charge < -0.3 is 15.5 Å². The summed E-state index contributed by atoms with van der Waals surface area (Å²) in [4.78, 5) is 26.4. The molecular formula is C17H31N3O2. The Morgan fingerprint density at radius 1 is 1.23 bits per heavy atom. The summed E-state index contributed by atoms with van der Waals surface area (Å²) in [5.41, 5.74) is 0. The molecule has 2 aliphatic heterocycles. The first kappa shape index (κ1) is 17.3. The first-order valence-electron chi connectivity index (χ1n) is 9.00. The second-order valence-electron chi connectivity index (χ2n) is 6.64.